The molecule has 5 aromatic rings. The fourth-order valence-electron chi connectivity index (χ4n) is 6.54. The summed E-state index contributed by atoms with van der Waals surface area (Å²) < 4.78 is 58.1. The van der Waals surface area contributed by atoms with Crippen LogP contribution in [0.25, 0.3) is 0 Å². The molecule has 5 aromatic carbocycles. The number of sulfonamides is 2. The Bertz CT molecular complexity index is 2470. The van der Waals surface area contributed by atoms with E-state index < -0.39 is 53.7 Å². The van der Waals surface area contributed by atoms with Crippen LogP contribution in [0.4, 0.5) is 5.69 Å². The fourth-order valence-corrected chi connectivity index (χ4v) is 9.16. The quantitative estimate of drug-likeness (QED) is 0.129. The molecule has 2 aliphatic rings. The van der Waals surface area contributed by atoms with Crippen molar-refractivity contribution in [1.29, 1.82) is 0 Å². The zero-order valence-electron chi connectivity index (χ0n) is 27.6. The third-order valence-corrected chi connectivity index (χ3v) is 12.6. The molecule has 0 aromatic heterocycles. The molecule has 7 rings (SSSR count). The normalized spacial score (nSPS) is 14.7. The first kappa shape index (κ1) is 34.7. The van der Waals surface area contributed by atoms with Crippen molar-refractivity contribution in [2.24, 2.45) is 0 Å². The average Bonchev–Trinajstić information content (AvgIpc) is 3.16. The maximum absolute atomic E-state index is 13.8. The number of aromatic hydroxyl groups is 3. The van der Waals surface area contributed by atoms with E-state index in [-0.39, 0.29) is 42.5 Å². The van der Waals surface area contributed by atoms with Crippen LogP contribution in [0.2, 0.25) is 0 Å². The van der Waals surface area contributed by atoms with Crippen LogP contribution in [0.15, 0.2) is 113 Å². The van der Waals surface area contributed by atoms with Gasteiger partial charge in [-0.05, 0) is 65.4 Å². The van der Waals surface area contributed by atoms with Crippen LogP contribution in [0.5, 0.6) is 17.2 Å². The maximum Gasteiger partial charge on any atom is 0.261 e. The van der Waals surface area contributed by atoms with Crippen molar-refractivity contribution >= 4 is 37.4 Å². The van der Waals surface area contributed by atoms with Gasteiger partial charge in [0.15, 0.2) is 17.3 Å². The lowest BCUT2D eigenvalue weighted by molar-refractivity contribution is 0.0730. The van der Waals surface area contributed by atoms with Gasteiger partial charge in [-0.25, -0.2) is 16.8 Å². The maximum atomic E-state index is 13.8. The number of carbonyl (C=O) groups is 2. The SMILES string of the molecule is O=C(c1ccccc1)c1cccc(NS(=O)(=O)c2ccc3c(c2)CN(C(=O)c2cc(S(=O)(=O)N4CCc5ccccc5C4)c(O)c(O)c2O)CC3)c1. The molecule has 0 spiro atoms. The molecule has 12 nitrogen and oxygen atoms in total. The lowest BCUT2D eigenvalue weighted by Gasteiger charge is -2.30. The average molecular weight is 740 g/mol. The Hall–Kier alpha value is -5.70. The number of fused-ring (bicyclic) bond motifs is 2. The van der Waals surface area contributed by atoms with E-state index in [4.69, 9.17) is 0 Å². The molecule has 14 heteroatoms. The van der Waals surface area contributed by atoms with Crippen molar-refractivity contribution in [2.75, 3.05) is 17.8 Å². The Kier molecular flexibility index (Phi) is 8.98. The first-order valence-electron chi connectivity index (χ1n) is 16.3. The van der Waals surface area contributed by atoms with Gasteiger partial charge in [-0.2, -0.15) is 4.31 Å². The van der Waals surface area contributed by atoms with Gasteiger partial charge in [0.1, 0.15) is 4.90 Å². The van der Waals surface area contributed by atoms with Gasteiger partial charge in [-0.3, -0.25) is 14.3 Å². The van der Waals surface area contributed by atoms with E-state index in [1.54, 1.807) is 60.7 Å². The highest BCUT2D eigenvalue weighted by atomic mass is 32.2. The predicted octanol–water partition coefficient (Wildman–Crippen LogP) is 4.78. The largest absolute Gasteiger partial charge is 0.504 e. The lowest BCUT2D eigenvalue weighted by Crippen LogP contribution is -2.37. The highest BCUT2D eigenvalue weighted by Gasteiger charge is 2.35. The molecule has 266 valence electrons. The molecule has 1 amide bonds. The second-order valence-corrected chi connectivity index (χ2v) is 16.2. The van der Waals surface area contributed by atoms with E-state index in [1.165, 1.54) is 29.2 Å². The van der Waals surface area contributed by atoms with Crippen molar-refractivity contribution in [3.05, 3.63) is 142 Å². The molecule has 4 N–H and O–H groups in total. The van der Waals surface area contributed by atoms with Gasteiger partial charge in [0, 0.05) is 43.0 Å². The molecule has 0 saturated carbocycles. The number of rotatable bonds is 8. The Balaban J connectivity index is 1.12. The molecule has 0 atom stereocenters. The Morgan fingerprint density at radius 3 is 2.06 bits per heavy atom. The Morgan fingerprint density at radius 2 is 1.29 bits per heavy atom. The van der Waals surface area contributed by atoms with E-state index in [2.05, 4.69) is 4.72 Å². The van der Waals surface area contributed by atoms with Gasteiger partial charge in [0.05, 0.1) is 10.5 Å². The lowest BCUT2D eigenvalue weighted by atomic mass is 9.99. The van der Waals surface area contributed by atoms with E-state index in [9.17, 15) is 41.7 Å². The molecule has 0 radical (unpaired) electrons. The van der Waals surface area contributed by atoms with Crippen LogP contribution < -0.4 is 4.72 Å². The van der Waals surface area contributed by atoms with Crippen molar-refractivity contribution in [1.82, 2.24) is 9.21 Å². The summed E-state index contributed by atoms with van der Waals surface area (Å²) in [7, 11) is -8.58. The number of benzene rings is 5. The monoisotopic (exact) mass is 739 g/mol. The first-order chi connectivity index (χ1) is 24.8. The van der Waals surface area contributed by atoms with Crippen LogP contribution in [0.1, 0.15) is 48.5 Å². The fraction of sp³-hybridized carbons (Fsp3) is 0.158. The third-order valence-electron chi connectivity index (χ3n) is 9.36. The Morgan fingerprint density at radius 1 is 0.615 bits per heavy atom. The molecule has 0 unspecified atom stereocenters. The van der Waals surface area contributed by atoms with Crippen molar-refractivity contribution in [3.8, 4) is 17.2 Å². The molecule has 0 bridgehead atoms. The highest BCUT2D eigenvalue weighted by molar-refractivity contribution is 7.92. The molecular weight excluding hydrogens is 707 g/mol. The number of anilines is 1. The first-order valence-corrected chi connectivity index (χ1v) is 19.2. The number of hydrogen-bond acceptors (Lipinski definition) is 9. The molecule has 2 heterocycles. The highest BCUT2D eigenvalue weighted by Crippen LogP contribution is 2.44. The van der Waals surface area contributed by atoms with Gasteiger partial charge in [0.25, 0.3) is 15.9 Å². The van der Waals surface area contributed by atoms with Crippen LogP contribution in [0, 0.1) is 0 Å². The number of nitrogens with one attached hydrogen (secondary N) is 1. The minimum Gasteiger partial charge on any atom is -0.504 e. The third kappa shape index (κ3) is 6.47. The summed E-state index contributed by atoms with van der Waals surface area (Å²) in [6.07, 6.45) is 0.744. The number of ketones is 1. The van der Waals surface area contributed by atoms with Crippen LogP contribution in [0.3, 0.4) is 0 Å². The molecule has 52 heavy (non-hydrogen) atoms. The summed E-state index contributed by atoms with van der Waals surface area (Å²) in [5, 5.41) is 32.0. The standard InChI is InChI=1S/C38H33N3O9S2/c42-34(26-8-2-1-3-9-26)27-11-6-12-30(19-27)39-51(47,48)31-14-13-25-15-17-40(22-29(25)20-31)38(46)32-21-33(36(44)37(45)35(32)43)52(49,50)41-18-16-24-7-4-5-10-28(24)23-41/h1-14,19-21,39,43-45H,15-18,22-23H2. The van der Waals surface area contributed by atoms with E-state index in [0.717, 1.165) is 27.1 Å². The number of hydrogen-bond donors (Lipinski definition) is 4. The summed E-state index contributed by atoms with van der Waals surface area (Å²) in [4.78, 5) is 27.2. The minimum atomic E-state index is -4.43. The second-order valence-electron chi connectivity index (χ2n) is 12.6. The summed E-state index contributed by atoms with van der Waals surface area (Å²) in [5.74, 6) is -4.30. The topological polar surface area (TPSA) is 182 Å². The Labute approximate surface area is 300 Å². The van der Waals surface area contributed by atoms with Gasteiger partial charge in [0.2, 0.25) is 15.8 Å². The van der Waals surface area contributed by atoms with Gasteiger partial charge in [-0.1, -0.05) is 72.8 Å². The number of amides is 1. The smallest absolute Gasteiger partial charge is 0.261 e. The summed E-state index contributed by atoms with van der Waals surface area (Å²) in [5.41, 5.74) is 3.45. The number of phenolic OH excluding ortho intramolecular Hbond substituents is 3. The van der Waals surface area contributed by atoms with Crippen molar-refractivity contribution < 1.29 is 41.7 Å². The van der Waals surface area contributed by atoms with E-state index >= 15 is 0 Å². The van der Waals surface area contributed by atoms with Crippen molar-refractivity contribution in [2.45, 2.75) is 35.7 Å². The van der Waals surface area contributed by atoms with E-state index in [1.807, 2.05) is 12.1 Å². The number of nitrogens with zero attached hydrogens (tertiary/aromatic N) is 2. The van der Waals surface area contributed by atoms with Gasteiger partial charge >= 0.3 is 0 Å². The zero-order chi connectivity index (χ0) is 36.8. The van der Waals surface area contributed by atoms with Crippen LogP contribution in [-0.4, -0.2) is 66.1 Å². The van der Waals surface area contributed by atoms with E-state index in [0.29, 0.717) is 29.5 Å². The molecule has 0 saturated heterocycles. The van der Waals surface area contributed by atoms with Crippen molar-refractivity contribution in [3.63, 3.8) is 0 Å². The molecule has 2 aliphatic heterocycles. The summed E-state index contributed by atoms with van der Waals surface area (Å²) in [6.45, 7) is 0.169. The number of phenols is 3. The molecular formula is C38H33N3O9S2. The number of carbonyl (C=O) groups excluding carboxylic acids is 2. The van der Waals surface area contributed by atoms with Crippen LogP contribution in [-0.2, 0) is 46.0 Å². The van der Waals surface area contributed by atoms with Crippen LogP contribution >= 0.6 is 0 Å². The van der Waals surface area contributed by atoms with Gasteiger partial charge in [-0.15, -0.1) is 0 Å². The van der Waals surface area contributed by atoms with Gasteiger partial charge < -0.3 is 20.2 Å². The predicted molar refractivity (Wildman–Crippen MR) is 191 cm³/mol. The zero-order valence-corrected chi connectivity index (χ0v) is 29.2. The molecule has 0 aliphatic carbocycles. The summed E-state index contributed by atoms with van der Waals surface area (Å²) in [6, 6.07) is 27.5. The second kappa shape index (κ2) is 13.5. The summed E-state index contributed by atoms with van der Waals surface area (Å²) >= 11 is 0. The molecule has 0 fully saturated rings. The minimum absolute atomic E-state index is 0.0170.